The summed E-state index contributed by atoms with van der Waals surface area (Å²) in [5.41, 5.74) is 3.50. The number of aryl methyl sites for hydroxylation is 1. The van der Waals surface area contributed by atoms with Crippen molar-refractivity contribution in [1.29, 1.82) is 0 Å². The van der Waals surface area contributed by atoms with Crippen LogP contribution in [0.3, 0.4) is 0 Å². The van der Waals surface area contributed by atoms with Crippen molar-refractivity contribution in [3.8, 4) is 0 Å². The second-order valence-corrected chi connectivity index (χ2v) is 5.21. The summed E-state index contributed by atoms with van der Waals surface area (Å²) in [6, 6.07) is 11.7. The molecule has 2 aromatic rings. The molecule has 0 atom stereocenters. The number of nitrogens with one attached hydrogen (secondary N) is 2. The lowest BCUT2D eigenvalue weighted by Gasteiger charge is -2.19. The summed E-state index contributed by atoms with van der Waals surface area (Å²) in [5, 5.41) is 5.37. The molecular weight excluding hydrogens is 267 g/mol. The molecule has 3 nitrogen and oxygen atoms in total. The third-order valence-electron chi connectivity index (χ3n) is 3.77. The van der Waals surface area contributed by atoms with Crippen molar-refractivity contribution in [2.45, 2.75) is 25.7 Å². The van der Waals surface area contributed by atoms with Gasteiger partial charge in [-0.05, 0) is 55.0 Å². The summed E-state index contributed by atoms with van der Waals surface area (Å²) < 4.78 is 13.5. The first-order valence-corrected chi connectivity index (χ1v) is 7.17. The highest BCUT2D eigenvalue weighted by molar-refractivity contribution is 6.00. The van der Waals surface area contributed by atoms with Crippen molar-refractivity contribution in [3.63, 3.8) is 0 Å². The molecule has 0 aliphatic heterocycles. The Bertz CT molecular complexity index is 670. The highest BCUT2D eigenvalue weighted by Crippen LogP contribution is 2.28. The minimum Gasteiger partial charge on any atom is -0.307 e. The quantitative estimate of drug-likeness (QED) is 0.845. The van der Waals surface area contributed by atoms with Crippen molar-refractivity contribution < 1.29 is 9.18 Å². The summed E-state index contributed by atoms with van der Waals surface area (Å²) in [4.78, 5) is 12.0. The number of fused-ring (bicyclic) bond motifs is 1. The molecular formula is C17H17FN2O. The van der Waals surface area contributed by atoms with Crippen LogP contribution in [0, 0.1) is 5.82 Å². The van der Waals surface area contributed by atoms with Crippen molar-refractivity contribution in [2.24, 2.45) is 0 Å². The van der Waals surface area contributed by atoms with Gasteiger partial charge in [-0.3, -0.25) is 0 Å². The lowest BCUT2D eigenvalue weighted by Crippen LogP contribution is -2.21. The summed E-state index contributed by atoms with van der Waals surface area (Å²) in [5.74, 6) is -0.442. The van der Waals surface area contributed by atoms with Crippen LogP contribution in [-0.2, 0) is 12.8 Å². The molecule has 1 aliphatic carbocycles. The Balaban J connectivity index is 1.75. The summed E-state index contributed by atoms with van der Waals surface area (Å²) in [6.45, 7) is 0. The van der Waals surface area contributed by atoms with E-state index in [0.717, 1.165) is 24.9 Å². The maximum absolute atomic E-state index is 13.5. The topological polar surface area (TPSA) is 41.1 Å². The van der Waals surface area contributed by atoms with E-state index in [4.69, 9.17) is 0 Å². The molecule has 2 N–H and O–H groups in total. The van der Waals surface area contributed by atoms with Gasteiger partial charge in [0.05, 0.1) is 5.69 Å². The first-order valence-electron chi connectivity index (χ1n) is 7.17. The van der Waals surface area contributed by atoms with Crippen LogP contribution in [0.4, 0.5) is 20.6 Å². The molecule has 2 amide bonds. The molecule has 0 fully saturated rings. The van der Waals surface area contributed by atoms with E-state index in [1.165, 1.54) is 29.7 Å². The molecule has 0 saturated heterocycles. The van der Waals surface area contributed by atoms with Gasteiger partial charge in [-0.15, -0.1) is 0 Å². The van der Waals surface area contributed by atoms with Gasteiger partial charge in [0.1, 0.15) is 5.82 Å². The molecule has 0 spiro atoms. The molecule has 0 saturated carbocycles. The molecule has 4 heteroatoms. The molecule has 3 rings (SSSR count). The van der Waals surface area contributed by atoms with Crippen LogP contribution in [0.2, 0.25) is 0 Å². The Hall–Kier alpha value is -2.36. The van der Waals surface area contributed by atoms with Crippen LogP contribution < -0.4 is 10.6 Å². The standard InChI is InChI=1S/C17H17FN2O/c18-14-9-3-4-10-16(14)20-17(21)19-15-11-5-7-12-6-1-2-8-13(12)15/h3-5,7,9-11H,1-2,6,8H2,(H2,19,20,21). The van der Waals surface area contributed by atoms with Gasteiger partial charge < -0.3 is 10.6 Å². The van der Waals surface area contributed by atoms with Gasteiger partial charge >= 0.3 is 6.03 Å². The SMILES string of the molecule is O=C(Nc1ccccc1F)Nc1cccc2c1CCCC2. The first kappa shape index (κ1) is 13.6. The van der Waals surface area contributed by atoms with Crippen LogP contribution in [0.15, 0.2) is 42.5 Å². The van der Waals surface area contributed by atoms with Crippen molar-refractivity contribution in [1.82, 2.24) is 0 Å². The molecule has 0 unspecified atom stereocenters. The van der Waals surface area contributed by atoms with E-state index in [1.807, 2.05) is 12.1 Å². The monoisotopic (exact) mass is 284 g/mol. The van der Waals surface area contributed by atoms with Gasteiger partial charge in [-0.25, -0.2) is 9.18 Å². The fourth-order valence-corrected chi connectivity index (χ4v) is 2.74. The Kier molecular flexibility index (Phi) is 3.86. The number of carbonyl (C=O) groups is 1. The zero-order valence-corrected chi connectivity index (χ0v) is 11.7. The molecule has 108 valence electrons. The van der Waals surface area contributed by atoms with E-state index in [0.29, 0.717) is 0 Å². The zero-order chi connectivity index (χ0) is 14.7. The molecule has 21 heavy (non-hydrogen) atoms. The minimum absolute atomic E-state index is 0.180. The van der Waals surface area contributed by atoms with Gasteiger partial charge in [0.25, 0.3) is 0 Å². The third-order valence-corrected chi connectivity index (χ3v) is 3.77. The Morgan fingerprint density at radius 1 is 0.905 bits per heavy atom. The molecule has 0 bridgehead atoms. The van der Waals surface area contributed by atoms with Gasteiger partial charge in [-0.1, -0.05) is 24.3 Å². The van der Waals surface area contributed by atoms with Crippen LogP contribution in [0.1, 0.15) is 24.0 Å². The highest BCUT2D eigenvalue weighted by atomic mass is 19.1. The number of carbonyl (C=O) groups excluding carboxylic acids is 1. The molecule has 0 radical (unpaired) electrons. The normalized spacial score (nSPS) is 13.4. The van der Waals surface area contributed by atoms with E-state index >= 15 is 0 Å². The number of halogens is 1. The second-order valence-electron chi connectivity index (χ2n) is 5.21. The fraction of sp³-hybridized carbons (Fsp3) is 0.235. The van der Waals surface area contributed by atoms with E-state index in [9.17, 15) is 9.18 Å². The second kappa shape index (κ2) is 5.95. The van der Waals surface area contributed by atoms with Crippen LogP contribution in [-0.4, -0.2) is 6.03 Å². The number of anilines is 2. The largest absolute Gasteiger partial charge is 0.323 e. The fourth-order valence-electron chi connectivity index (χ4n) is 2.74. The smallest absolute Gasteiger partial charge is 0.307 e. The summed E-state index contributed by atoms with van der Waals surface area (Å²) in [7, 11) is 0. The van der Waals surface area contributed by atoms with E-state index < -0.39 is 11.8 Å². The number of rotatable bonds is 2. The Labute approximate surface area is 123 Å². The van der Waals surface area contributed by atoms with Crippen LogP contribution in [0.25, 0.3) is 0 Å². The average molecular weight is 284 g/mol. The van der Waals surface area contributed by atoms with Gasteiger partial charge in [-0.2, -0.15) is 0 Å². The van der Waals surface area contributed by atoms with Gasteiger partial charge in [0, 0.05) is 5.69 Å². The lowest BCUT2D eigenvalue weighted by molar-refractivity contribution is 0.262. The Morgan fingerprint density at radius 3 is 2.48 bits per heavy atom. The number of para-hydroxylation sites is 1. The molecule has 2 aromatic carbocycles. The van der Waals surface area contributed by atoms with Crippen LogP contribution >= 0.6 is 0 Å². The summed E-state index contributed by atoms with van der Waals surface area (Å²) >= 11 is 0. The van der Waals surface area contributed by atoms with E-state index in [2.05, 4.69) is 16.7 Å². The predicted molar refractivity (Wildman–Crippen MR) is 82.1 cm³/mol. The predicted octanol–water partition coefficient (Wildman–Crippen LogP) is 4.35. The van der Waals surface area contributed by atoms with Crippen molar-refractivity contribution >= 4 is 17.4 Å². The molecule has 0 heterocycles. The number of amides is 2. The maximum atomic E-state index is 13.5. The van der Waals surface area contributed by atoms with E-state index in [-0.39, 0.29) is 5.69 Å². The van der Waals surface area contributed by atoms with E-state index in [1.54, 1.807) is 12.1 Å². The summed E-state index contributed by atoms with van der Waals surface area (Å²) in [6.07, 6.45) is 4.36. The number of hydrogen-bond donors (Lipinski definition) is 2. The number of urea groups is 1. The number of benzene rings is 2. The average Bonchev–Trinajstić information content (AvgIpc) is 2.50. The first-order chi connectivity index (χ1) is 10.2. The minimum atomic E-state index is -0.442. The van der Waals surface area contributed by atoms with Crippen LogP contribution in [0.5, 0.6) is 0 Å². The van der Waals surface area contributed by atoms with Crippen molar-refractivity contribution in [2.75, 3.05) is 10.6 Å². The highest BCUT2D eigenvalue weighted by Gasteiger charge is 2.14. The Morgan fingerprint density at radius 2 is 1.62 bits per heavy atom. The molecule has 1 aliphatic rings. The zero-order valence-electron chi connectivity index (χ0n) is 11.7. The lowest BCUT2D eigenvalue weighted by atomic mass is 9.90. The van der Waals surface area contributed by atoms with Gasteiger partial charge in [0.2, 0.25) is 0 Å². The number of hydrogen-bond acceptors (Lipinski definition) is 1. The van der Waals surface area contributed by atoms with Gasteiger partial charge in [0.15, 0.2) is 0 Å². The maximum Gasteiger partial charge on any atom is 0.323 e. The molecule has 0 aromatic heterocycles. The van der Waals surface area contributed by atoms with Crippen molar-refractivity contribution in [3.05, 3.63) is 59.4 Å². The third kappa shape index (κ3) is 3.05.